The van der Waals surface area contributed by atoms with Gasteiger partial charge in [-0.2, -0.15) is 0 Å². The van der Waals surface area contributed by atoms with E-state index in [9.17, 15) is 38.7 Å². The molecule has 7 amide bonds. The first kappa shape index (κ1) is 45.9. The Hall–Kier alpha value is -5.60. The van der Waals surface area contributed by atoms with Crippen molar-refractivity contribution < 1.29 is 52.9 Å². The summed E-state index contributed by atoms with van der Waals surface area (Å²) in [6, 6.07) is 9.66. The number of nitrogens with one attached hydrogen (secondary N) is 4. The average molecular weight is 876 g/mol. The van der Waals surface area contributed by atoms with Crippen molar-refractivity contribution in [3.8, 4) is 10.4 Å². The van der Waals surface area contributed by atoms with Crippen LogP contribution in [0.25, 0.3) is 10.4 Å². The molecule has 3 aromatic rings. The number of carbonyl (C=O) groups excluding carboxylic acids is 7. The van der Waals surface area contributed by atoms with Crippen LogP contribution >= 0.6 is 11.3 Å². The van der Waals surface area contributed by atoms with Gasteiger partial charge in [0.05, 0.1) is 66.3 Å². The first-order chi connectivity index (χ1) is 29.6. The van der Waals surface area contributed by atoms with E-state index >= 15 is 0 Å². The Bertz CT molecular complexity index is 2150. The van der Waals surface area contributed by atoms with Crippen molar-refractivity contribution in [1.82, 2.24) is 30.7 Å². The van der Waals surface area contributed by atoms with Crippen molar-refractivity contribution >= 4 is 58.4 Å². The highest BCUT2D eigenvalue weighted by Crippen LogP contribution is 2.33. The molecule has 0 spiro atoms. The van der Waals surface area contributed by atoms with Crippen LogP contribution in [-0.4, -0.2) is 138 Å². The smallest absolute Gasteiger partial charge is 0.264 e. The molecule has 4 atom stereocenters. The summed E-state index contributed by atoms with van der Waals surface area (Å²) < 4.78 is 16.6. The van der Waals surface area contributed by atoms with Gasteiger partial charge in [0, 0.05) is 38.2 Å². The predicted octanol–water partition coefficient (Wildman–Crippen LogP) is 1.79. The van der Waals surface area contributed by atoms with Gasteiger partial charge in [0.15, 0.2) is 0 Å². The summed E-state index contributed by atoms with van der Waals surface area (Å²) in [6.07, 6.45) is -0.714. The molecule has 2 aromatic carbocycles. The van der Waals surface area contributed by atoms with Crippen LogP contribution in [0.15, 0.2) is 48.0 Å². The van der Waals surface area contributed by atoms with Crippen LogP contribution in [0.5, 0.6) is 0 Å². The van der Waals surface area contributed by atoms with Crippen molar-refractivity contribution in [3.05, 3.63) is 70.4 Å². The number of hydrogen-bond donors (Lipinski definition) is 5. The van der Waals surface area contributed by atoms with Gasteiger partial charge in [-0.25, -0.2) is 4.98 Å². The molecule has 1 aromatic heterocycles. The lowest BCUT2D eigenvalue weighted by atomic mass is 9.85. The minimum absolute atomic E-state index is 0.0345. The number of β-amino-alcohol motifs (C(OH)–C–C–N with tert-alkyl or cyclic N) is 1. The molecule has 0 saturated carbocycles. The zero-order chi connectivity index (χ0) is 44.6. The molecular formula is C43H53N7O11S. The summed E-state index contributed by atoms with van der Waals surface area (Å²) in [4.78, 5) is 98.1. The van der Waals surface area contributed by atoms with Gasteiger partial charge in [-0.3, -0.25) is 43.8 Å². The van der Waals surface area contributed by atoms with Crippen LogP contribution in [0.4, 0.5) is 5.69 Å². The molecule has 2 fully saturated rings. The number of rotatable bonds is 19. The molecule has 0 aliphatic carbocycles. The predicted molar refractivity (Wildman–Crippen MR) is 226 cm³/mol. The zero-order valence-electron chi connectivity index (χ0n) is 35.2. The third-order valence-corrected chi connectivity index (χ3v) is 11.7. The maximum atomic E-state index is 13.9. The minimum atomic E-state index is -1.05. The second kappa shape index (κ2) is 20.5. The molecule has 332 valence electrons. The summed E-state index contributed by atoms with van der Waals surface area (Å²) in [6.45, 7) is 8.54. The molecule has 19 heteroatoms. The molecule has 6 rings (SSSR count). The van der Waals surface area contributed by atoms with Crippen LogP contribution in [0, 0.1) is 12.3 Å². The first-order valence-electron chi connectivity index (χ1n) is 20.5. The van der Waals surface area contributed by atoms with Crippen LogP contribution in [-0.2, 0) is 44.7 Å². The molecule has 3 aliphatic heterocycles. The number of piperidine rings is 1. The number of fused-ring (bicyclic) bond motifs is 1. The number of amides is 7. The topological polar surface area (TPSA) is 235 Å². The van der Waals surface area contributed by atoms with E-state index in [0.29, 0.717) is 12.2 Å². The number of aliphatic hydroxyl groups excluding tert-OH is 1. The van der Waals surface area contributed by atoms with E-state index in [4.69, 9.17) is 14.2 Å². The molecule has 3 aliphatic rings. The van der Waals surface area contributed by atoms with Gasteiger partial charge in [0.1, 0.15) is 24.7 Å². The Morgan fingerprint density at radius 2 is 1.68 bits per heavy atom. The third kappa shape index (κ3) is 11.1. The number of thiazole rings is 1. The fourth-order valence-corrected chi connectivity index (χ4v) is 8.32. The summed E-state index contributed by atoms with van der Waals surface area (Å²) in [5.41, 5.74) is 4.70. The summed E-state index contributed by atoms with van der Waals surface area (Å²) in [5.74, 6) is -3.69. The van der Waals surface area contributed by atoms with Crippen LogP contribution < -0.4 is 21.3 Å². The third-order valence-electron chi connectivity index (χ3n) is 10.7. The fourth-order valence-electron chi connectivity index (χ4n) is 7.51. The Morgan fingerprint density at radius 1 is 0.968 bits per heavy atom. The monoisotopic (exact) mass is 875 g/mol. The van der Waals surface area contributed by atoms with Crippen molar-refractivity contribution in [3.63, 3.8) is 0 Å². The second-order valence-corrected chi connectivity index (χ2v) is 17.2. The molecule has 4 heterocycles. The number of hydrogen-bond acceptors (Lipinski definition) is 14. The first-order valence-corrected chi connectivity index (χ1v) is 21.4. The Balaban J connectivity index is 0.867. The Morgan fingerprint density at radius 3 is 2.35 bits per heavy atom. The number of carbonyl (C=O) groups is 7. The van der Waals surface area contributed by atoms with Gasteiger partial charge >= 0.3 is 0 Å². The maximum absolute atomic E-state index is 13.9. The molecule has 2 saturated heterocycles. The lowest BCUT2D eigenvalue weighted by Crippen LogP contribution is -2.58. The normalized spacial score (nSPS) is 19.3. The van der Waals surface area contributed by atoms with Gasteiger partial charge in [0.25, 0.3) is 11.8 Å². The molecule has 0 bridgehead atoms. The van der Waals surface area contributed by atoms with E-state index in [1.165, 1.54) is 11.0 Å². The fraction of sp³-hybridized carbons (Fsp3) is 0.488. The number of benzene rings is 2. The van der Waals surface area contributed by atoms with Gasteiger partial charge < -0.3 is 40.2 Å². The van der Waals surface area contributed by atoms with Crippen LogP contribution in [0.2, 0.25) is 0 Å². The van der Waals surface area contributed by atoms with Crippen LogP contribution in [0.3, 0.4) is 0 Å². The van der Waals surface area contributed by atoms with Gasteiger partial charge in [0.2, 0.25) is 29.5 Å². The molecule has 62 heavy (non-hydrogen) atoms. The summed E-state index contributed by atoms with van der Waals surface area (Å²) in [7, 11) is 0. The van der Waals surface area contributed by atoms with Crippen molar-refractivity contribution in [2.24, 2.45) is 5.41 Å². The highest BCUT2D eigenvalue weighted by Gasteiger charge is 2.46. The quantitative estimate of drug-likeness (QED) is 0.0855. The molecule has 1 unspecified atom stereocenters. The van der Waals surface area contributed by atoms with Gasteiger partial charge in [-0.1, -0.05) is 51.1 Å². The van der Waals surface area contributed by atoms with E-state index in [0.717, 1.165) is 26.6 Å². The Labute approximate surface area is 363 Å². The highest BCUT2D eigenvalue weighted by molar-refractivity contribution is 7.13. The number of aromatic nitrogens is 1. The average Bonchev–Trinajstić information content (AvgIpc) is 3.92. The van der Waals surface area contributed by atoms with E-state index in [1.807, 2.05) is 31.2 Å². The number of aryl methyl sites for hydroxylation is 1. The summed E-state index contributed by atoms with van der Waals surface area (Å²) in [5, 5.41) is 21.5. The number of ether oxygens (including phenoxy) is 3. The Kier molecular flexibility index (Phi) is 15.2. The lowest BCUT2D eigenvalue weighted by Gasteiger charge is -2.35. The van der Waals surface area contributed by atoms with Crippen molar-refractivity contribution in [2.45, 2.75) is 77.7 Å². The van der Waals surface area contributed by atoms with E-state index in [-0.39, 0.29) is 83.1 Å². The molecule has 18 nitrogen and oxygen atoms in total. The van der Waals surface area contributed by atoms with Crippen LogP contribution in [0.1, 0.15) is 72.0 Å². The summed E-state index contributed by atoms with van der Waals surface area (Å²) >= 11 is 1.56. The van der Waals surface area contributed by atoms with E-state index < -0.39 is 71.0 Å². The number of aliphatic hydroxyl groups is 1. The largest absolute Gasteiger partial charge is 0.391 e. The minimum Gasteiger partial charge on any atom is -0.391 e. The standard InChI is InChI=1S/C43H53N7O11S/c1-25-36(62-24-46-25)27-10-8-26(9-11-27)21-45-38(54)32-20-28(51)22-49(32)42(58)37(43(2,3)4)47-34(53)23-61-19-18-60-17-16-59-15-14-44-30-7-5-6-29-35(30)41(57)50(40(29)56)31-12-13-33(52)48-39(31)55/h5-11,24,28,31-32,37,44,51H,12-23H2,1-4H3,(H,45,54)(H,47,53)(H,48,52,55)/t28-,31?,32+,37-/m1/s1. The zero-order valence-corrected chi connectivity index (χ0v) is 36.0. The maximum Gasteiger partial charge on any atom is 0.264 e. The van der Waals surface area contributed by atoms with E-state index in [2.05, 4.69) is 26.3 Å². The van der Waals surface area contributed by atoms with Gasteiger partial charge in [-0.15, -0.1) is 11.3 Å². The molecule has 5 N–H and O–H groups in total. The van der Waals surface area contributed by atoms with Gasteiger partial charge in [-0.05, 0) is 42.0 Å². The van der Waals surface area contributed by atoms with Crippen molar-refractivity contribution in [1.29, 1.82) is 0 Å². The second-order valence-electron chi connectivity index (χ2n) is 16.3. The van der Waals surface area contributed by atoms with E-state index in [1.54, 1.807) is 49.8 Å². The number of imide groups is 2. The lowest BCUT2D eigenvalue weighted by molar-refractivity contribution is -0.144. The molecule has 0 radical (unpaired) electrons. The number of likely N-dealkylation sites (tertiary alicyclic amines) is 1. The highest BCUT2D eigenvalue weighted by atomic mass is 32.1. The molecular weight excluding hydrogens is 823 g/mol. The number of nitrogens with zero attached hydrogens (tertiary/aromatic N) is 3. The number of anilines is 1. The SMILES string of the molecule is Cc1ncsc1-c1ccc(CNC(=O)[C@@H]2C[C@@H](O)CN2C(=O)[C@@H](NC(=O)COCCOCCOCCNc2cccc3c2C(=O)N(C2CCC(=O)NC2=O)C3=O)C(C)(C)C)cc1. The van der Waals surface area contributed by atoms with Crippen molar-refractivity contribution in [2.75, 3.05) is 58.0 Å².